The number of nitrogens with two attached hydrogens (primary N) is 2. The van der Waals surface area contributed by atoms with Crippen molar-refractivity contribution in [1.82, 2.24) is 0 Å². The van der Waals surface area contributed by atoms with Gasteiger partial charge in [-0.3, -0.25) is 10.8 Å². The summed E-state index contributed by atoms with van der Waals surface area (Å²) in [6.07, 6.45) is 1.000. The smallest absolute Gasteiger partial charge is 0.126 e. The zero-order valence-electron chi connectivity index (χ0n) is 16.4. The van der Waals surface area contributed by atoms with Gasteiger partial charge in [0, 0.05) is 0 Å². The molecule has 0 aliphatic carbocycles. The van der Waals surface area contributed by atoms with Gasteiger partial charge in [-0.1, -0.05) is 36.4 Å². The number of halogens is 4. The summed E-state index contributed by atoms with van der Waals surface area (Å²) >= 11 is 0. The van der Waals surface area contributed by atoms with E-state index in [1.807, 2.05) is 0 Å². The van der Waals surface area contributed by atoms with Gasteiger partial charge in [-0.2, -0.15) is 0 Å². The van der Waals surface area contributed by atoms with Crippen molar-refractivity contribution in [2.24, 2.45) is 11.5 Å². The van der Waals surface area contributed by atoms with E-state index in [1.165, 1.54) is 12.1 Å². The number of nitrogens with one attached hydrogen (secondary N) is 2. The second-order valence-corrected chi connectivity index (χ2v) is 5.84. The van der Waals surface area contributed by atoms with E-state index in [0.717, 1.165) is 0 Å². The molecular weight excluding hydrogens is 437 g/mol. The summed E-state index contributed by atoms with van der Waals surface area (Å²) in [5, 5.41) is 13.8. The van der Waals surface area contributed by atoms with Crippen LogP contribution in [0.5, 0.6) is 0 Å². The highest BCUT2D eigenvalue weighted by Crippen LogP contribution is 2.07. The molecule has 0 radical (unpaired) electrons. The van der Waals surface area contributed by atoms with Gasteiger partial charge in [0.25, 0.3) is 0 Å². The van der Waals surface area contributed by atoms with E-state index in [-0.39, 0.29) is 61.3 Å². The van der Waals surface area contributed by atoms with Gasteiger partial charge in [-0.15, -0.1) is 24.8 Å². The van der Waals surface area contributed by atoms with Crippen molar-refractivity contribution in [3.8, 4) is 0 Å². The van der Waals surface area contributed by atoms with E-state index in [1.54, 1.807) is 36.4 Å². The van der Waals surface area contributed by atoms with Crippen LogP contribution in [0.15, 0.2) is 48.5 Å². The Labute approximate surface area is 187 Å². The molecule has 10 heteroatoms. The van der Waals surface area contributed by atoms with Crippen LogP contribution in [0.3, 0.4) is 0 Å². The van der Waals surface area contributed by atoms with Crippen molar-refractivity contribution in [3.63, 3.8) is 0 Å². The minimum absolute atomic E-state index is 0. The number of hydrogen-bond donors (Lipinski definition) is 4. The Hall–Kier alpha value is -2.26. The van der Waals surface area contributed by atoms with E-state index >= 15 is 0 Å². The van der Waals surface area contributed by atoms with Crippen LogP contribution in [-0.4, -0.2) is 38.1 Å². The highest BCUT2D eigenvalue weighted by molar-refractivity contribution is 5.85. The normalized spacial score (nSPS) is 9.40. The fourth-order valence-electron chi connectivity index (χ4n) is 2.13. The maximum Gasteiger partial charge on any atom is 0.126 e. The SMILES string of the molecule is Cl.Cl.N=C(N)COCCc1ccccc1F.N=C(N)COCCc1ccccc1F. The molecule has 6 N–H and O–H groups in total. The Bertz CT molecular complexity index is 704. The largest absolute Gasteiger partial charge is 0.386 e. The monoisotopic (exact) mass is 464 g/mol. The standard InChI is InChI=1S/2C10H13FN2O.2ClH/c2*11-9-4-2-1-3-8(9)5-6-14-7-10(12)13;;/h2*1-4H,5-7H2,(H3,12,13);2*1H. The zero-order chi connectivity index (χ0) is 20.8. The van der Waals surface area contributed by atoms with Crippen molar-refractivity contribution in [2.45, 2.75) is 12.8 Å². The van der Waals surface area contributed by atoms with Crippen LogP contribution in [0.2, 0.25) is 0 Å². The van der Waals surface area contributed by atoms with Gasteiger partial charge in [0.15, 0.2) is 0 Å². The Morgan fingerprint density at radius 1 is 0.700 bits per heavy atom. The van der Waals surface area contributed by atoms with Crippen LogP contribution in [0, 0.1) is 22.5 Å². The molecule has 0 amide bonds. The molecule has 0 saturated carbocycles. The predicted molar refractivity (Wildman–Crippen MR) is 120 cm³/mol. The molecular formula is C20H28Cl2F2N4O2. The minimum Gasteiger partial charge on any atom is -0.386 e. The van der Waals surface area contributed by atoms with E-state index in [2.05, 4.69) is 0 Å². The fourth-order valence-corrected chi connectivity index (χ4v) is 2.13. The first-order valence-corrected chi connectivity index (χ1v) is 8.68. The van der Waals surface area contributed by atoms with Crippen LogP contribution in [0.25, 0.3) is 0 Å². The lowest BCUT2D eigenvalue weighted by atomic mass is 10.1. The first-order chi connectivity index (χ1) is 13.4. The van der Waals surface area contributed by atoms with E-state index in [4.69, 9.17) is 31.8 Å². The van der Waals surface area contributed by atoms with Crippen LogP contribution in [-0.2, 0) is 22.3 Å². The summed E-state index contributed by atoms with van der Waals surface area (Å²) in [4.78, 5) is 0. The van der Waals surface area contributed by atoms with Gasteiger partial charge in [0.1, 0.15) is 36.5 Å². The van der Waals surface area contributed by atoms with Gasteiger partial charge >= 0.3 is 0 Å². The summed E-state index contributed by atoms with van der Waals surface area (Å²) in [6.45, 7) is 0.962. The van der Waals surface area contributed by atoms with Crippen molar-refractivity contribution in [2.75, 3.05) is 26.4 Å². The molecule has 30 heavy (non-hydrogen) atoms. The first kappa shape index (κ1) is 29.9. The molecule has 2 rings (SSSR count). The fraction of sp³-hybridized carbons (Fsp3) is 0.300. The quantitative estimate of drug-likeness (QED) is 0.244. The average molecular weight is 465 g/mol. The van der Waals surface area contributed by atoms with Gasteiger partial charge in [0.2, 0.25) is 0 Å². The second-order valence-electron chi connectivity index (χ2n) is 5.84. The Balaban J connectivity index is 0. The lowest BCUT2D eigenvalue weighted by molar-refractivity contribution is 0.173. The molecule has 0 spiro atoms. The predicted octanol–water partition coefficient (Wildman–Crippen LogP) is 3.49. The molecule has 0 fully saturated rings. The summed E-state index contributed by atoms with van der Waals surface area (Å²) in [6, 6.07) is 13.1. The summed E-state index contributed by atoms with van der Waals surface area (Å²) in [7, 11) is 0. The Kier molecular flexibility index (Phi) is 17.5. The second kappa shape index (κ2) is 17.6. The molecule has 0 bridgehead atoms. The lowest BCUT2D eigenvalue weighted by Crippen LogP contribution is -2.18. The Morgan fingerprint density at radius 3 is 1.33 bits per heavy atom. The van der Waals surface area contributed by atoms with E-state index in [0.29, 0.717) is 37.2 Å². The minimum atomic E-state index is -0.223. The topological polar surface area (TPSA) is 118 Å². The highest BCUT2D eigenvalue weighted by Gasteiger charge is 2.01. The molecule has 0 aliphatic heterocycles. The maximum absolute atomic E-state index is 13.1. The average Bonchev–Trinajstić information content (AvgIpc) is 2.65. The molecule has 0 aromatic heterocycles. The number of hydrogen-bond acceptors (Lipinski definition) is 4. The van der Waals surface area contributed by atoms with Crippen LogP contribution in [0.1, 0.15) is 11.1 Å². The summed E-state index contributed by atoms with van der Waals surface area (Å²) < 4.78 is 36.2. The van der Waals surface area contributed by atoms with Crippen LogP contribution in [0.4, 0.5) is 8.78 Å². The number of benzene rings is 2. The third kappa shape index (κ3) is 13.8. The summed E-state index contributed by atoms with van der Waals surface area (Å²) in [5.41, 5.74) is 11.4. The number of amidine groups is 2. The van der Waals surface area contributed by atoms with Gasteiger partial charge in [-0.05, 0) is 36.1 Å². The first-order valence-electron chi connectivity index (χ1n) is 8.68. The Morgan fingerprint density at radius 2 is 1.03 bits per heavy atom. The summed E-state index contributed by atoms with van der Waals surface area (Å²) in [5.74, 6) is -0.477. The molecule has 2 aromatic carbocycles. The van der Waals surface area contributed by atoms with Gasteiger partial charge in [0.05, 0.1) is 13.2 Å². The lowest BCUT2D eigenvalue weighted by Gasteiger charge is -2.03. The third-order valence-electron chi connectivity index (χ3n) is 3.46. The van der Waals surface area contributed by atoms with Crippen LogP contribution >= 0.6 is 24.8 Å². The molecule has 168 valence electrons. The molecule has 0 heterocycles. The molecule has 2 aromatic rings. The zero-order valence-corrected chi connectivity index (χ0v) is 18.0. The highest BCUT2D eigenvalue weighted by atomic mass is 35.5. The van der Waals surface area contributed by atoms with Gasteiger partial charge in [-0.25, -0.2) is 8.78 Å². The van der Waals surface area contributed by atoms with E-state index < -0.39 is 0 Å². The molecule has 0 unspecified atom stereocenters. The molecule has 0 aliphatic rings. The van der Waals surface area contributed by atoms with Crippen molar-refractivity contribution in [3.05, 3.63) is 71.3 Å². The number of rotatable bonds is 10. The molecule has 6 nitrogen and oxygen atoms in total. The third-order valence-corrected chi connectivity index (χ3v) is 3.46. The van der Waals surface area contributed by atoms with Crippen molar-refractivity contribution >= 4 is 36.5 Å². The maximum atomic E-state index is 13.1. The number of ether oxygens (including phenoxy) is 2. The molecule has 0 saturated heterocycles. The van der Waals surface area contributed by atoms with Crippen molar-refractivity contribution in [1.29, 1.82) is 10.8 Å². The van der Waals surface area contributed by atoms with Gasteiger partial charge < -0.3 is 20.9 Å². The molecule has 0 atom stereocenters. The van der Waals surface area contributed by atoms with Crippen molar-refractivity contribution < 1.29 is 18.3 Å². The van der Waals surface area contributed by atoms with E-state index in [9.17, 15) is 8.78 Å². The van der Waals surface area contributed by atoms with Crippen LogP contribution < -0.4 is 11.5 Å².